The number of ketones is 1. The topological polar surface area (TPSA) is 185 Å². The van der Waals surface area contributed by atoms with Gasteiger partial charge in [-0.3, -0.25) is 24.0 Å². The molecule has 37 heavy (non-hydrogen) atoms. The van der Waals surface area contributed by atoms with Gasteiger partial charge in [-0.15, -0.1) is 0 Å². The van der Waals surface area contributed by atoms with E-state index in [9.17, 15) is 24.0 Å². The number of amides is 3. The molecule has 1 aliphatic heterocycles. The summed E-state index contributed by atoms with van der Waals surface area (Å²) in [5.74, 6) is -2.68. The molecule has 206 valence electrons. The fourth-order valence-corrected chi connectivity index (χ4v) is 5.00. The predicted octanol–water partition coefficient (Wildman–Crippen LogP) is 0.239. The molecule has 2 rings (SSSR count). The van der Waals surface area contributed by atoms with Crippen LogP contribution in [-0.2, 0) is 24.0 Å². The largest absolute Gasteiger partial charge is 0.481 e. The van der Waals surface area contributed by atoms with Gasteiger partial charge in [0.1, 0.15) is 6.04 Å². The Morgan fingerprint density at radius 3 is 2.46 bits per heavy atom. The van der Waals surface area contributed by atoms with E-state index in [0.29, 0.717) is 18.9 Å². The minimum atomic E-state index is -1.29. The molecule has 11 nitrogen and oxygen atoms in total. The zero-order chi connectivity index (χ0) is 27.4. The molecule has 1 saturated heterocycles. The number of piperidine rings is 1. The fourth-order valence-electron chi connectivity index (χ4n) is 5.00. The molecule has 3 atom stereocenters. The summed E-state index contributed by atoms with van der Waals surface area (Å²) in [6.45, 7) is 3.89. The number of carboxylic acids is 1. The molecule has 3 amide bonds. The van der Waals surface area contributed by atoms with Crippen molar-refractivity contribution < 1.29 is 29.1 Å². The van der Waals surface area contributed by atoms with E-state index in [2.05, 4.69) is 10.6 Å². The van der Waals surface area contributed by atoms with Gasteiger partial charge in [0.15, 0.2) is 5.78 Å². The van der Waals surface area contributed by atoms with Crippen LogP contribution in [0.3, 0.4) is 0 Å². The van der Waals surface area contributed by atoms with Crippen molar-refractivity contribution in [1.82, 2.24) is 15.5 Å². The van der Waals surface area contributed by atoms with Crippen LogP contribution in [-0.4, -0.2) is 77.7 Å². The van der Waals surface area contributed by atoms with E-state index in [0.717, 1.165) is 38.8 Å². The highest BCUT2D eigenvalue weighted by atomic mass is 16.4. The van der Waals surface area contributed by atoms with Crippen molar-refractivity contribution in [3.63, 3.8) is 0 Å². The van der Waals surface area contributed by atoms with E-state index in [4.69, 9.17) is 16.6 Å². The second-order valence-electron chi connectivity index (χ2n) is 9.94. The van der Waals surface area contributed by atoms with Gasteiger partial charge < -0.3 is 32.1 Å². The molecule has 0 radical (unpaired) electrons. The van der Waals surface area contributed by atoms with Crippen molar-refractivity contribution >= 4 is 29.5 Å². The Kier molecular flexibility index (Phi) is 11.9. The number of likely N-dealkylation sites (N-methyl/N-ethyl adjacent to an activating group) is 1. The molecule has 0 aromatic rings. The number of nitrogens with one attached hydrogen (secondary N) is 2. The van der Waals surface area contributed by atoms with E-state index in [1.807, 2.05) is 0 Å². The predicted molar refractivity (Wildman–Crippen MR) is 138 cm³/mol. The molecule has 0 aromatic heterocycles. The average Bonchev–Trinajstić information content (AvgIpc) is 2.87. The van der Waals surface area contributed by atoms with Crippen molar-refractivity contribution in [2.45, 2.75) is 70.4 Å². The van der Waals surface area contributed by atoms with E-state index < -0.39 is 47.5 Å². The number of hydrogen-bond acceptors (Lipinski definition) is 7. The molecule has 2 aliphatic rings. The van der Waals surface area contributed by atoms with E-state index in [-0.39, 0.29) is 25.3 Å². The number of carbonyl (C=O) groups excluding carboxylic acids is 4. The molecule has 0 bridgehead atoms. The van der Waals surface area contributed by atoms with Gasteiger partial charge in [-0.2, -0.15) is 0 Å². The Balaban J connectivity index is 1.99. The Morgan fingerprint density at radius 1 is 1.19 bits per heavy atom. The lowest BCUT2D eigenvalue weighted by atomic mass is 9.70. The number of Topliss-reactive ketones (excluding diaryl/α,β-unsaturated/α-hetero) is 1. The van der Waals surface area contributed by atoms with Crippen molar-refractivity contribution in [3.8, 4) is 0 Å². The average molecular weight is 520 g/mol. The first-order valence-electron chi connectivity index (χ1n) is 13.0. The highest BCUT2D eigenvalue weighted by molar-refractivity contribution is 5.95. The van der Waals surface area contributed by atoms with Crippen molar-refractivity contribution in [2.75, 3.05) is 26.2 Å². The minimum absolute atomic E-state index is 0.131. The third-order valence-corrected chi connectivity index (χ3v) is 7.14. The maximum absolute atomic E-state index is 13.1. The summed E-state index contributed by atoms with van der Waals surface area (Å²) in [6.07, 6.45) is 10.4. The number of carboxylic acid groups (broad SMARTS) is 1. The molecular weight excluding hydrogens is 478 g/mol. The van der Waals surface area contributed by atoms with Gasteiger partial charge in [0, 0.05) is 13.0 Å². The van der Waals surface area contributed by atoms with E-state index in [1.54, 1.807) is 31.2 Å². The zero-order valence-electron chi connectivity index (χ0n) is 21.6. The smallest absolute Gasteiger partial charge is 0.305 e. The number of nitrogens with zero attached hydrogens (tertiary/aromatic N) is 1. The lowest BCUT2D eigenvalue weighted by molar-refractivity contribution is -0.141. The molecule has 1 heterocycles. The molecule has 11 heteroatoms. The van der Waals surface area contributed by atoms with Gasteiger partial charge in [-0.25, -0.2) is 0 Å². The number of nitrogens with two attached hydrogens (primary N) is 2. The summed E-state index contributed by atoms with van der Waals surface area (Å²) in [4.78, 5) is 63.4. The summed E-state index contributed by atoms with van der Waals surface area (Å²) in [6, 6.07) is -2.49. The van der Waals surface area contributed by atoms with Crippen LogP contribution in [0.2, 0.25) is 0 Å². The third-order valence-electron chi connectivity index (χ3n) is 7.14. The van der Waals surface area contributed by atoms with Crippen LogP contribution in [0.25, 0.3) is 0 Å². The highest BCUT2D eigenvalue weighted by Crippen LogP contribution is 2.35. The molecule has 0 aromatic carbocycles. The van der Waals surface area contributed by atoms with E-state index in [1.165, 1.54) is 4.90 Å². The number of carbonyl (C=O) groups is 5. The first kappa shape index (κ1) is 30.2. The summed E-state index contributed by atoms with van der Waals surface area (Å²) in [5, 5.41) is 14.9. The number of allylic oxidation sites excluding steroid dienone is 4. The van der Waals surface area contributed by atoms with Gasteiger partial charge in [0.2, 0.25) is 17.7 Å². The van der Waals surface area contributed by atoms with Crippen molar-refractivity contribution in [2.24, 2.45) is 22.8 Å². The van der Waals surface area contributed by atoms with Gasteiger partial charge in [0.25, 0.3) is 0 Å². The van der Waals surface area contributed by atoms with Crippen LogP contribution in [0, 0.1) is 11.3 Å². The normalized spacial score (nSPS) is 21.1. The summed E-state index contributed by atoms with van der Waals surface area (Å²) < 4.78 is 0. The van der Waals surface area contributed by atoms with Crippen molar-refractivity contribution in [3.05, 3.63) is 24.3 Å². The number of hydrogen-bond donors (Lipinski definition) is 5. The monoisotopic (exact) mass is 519 g/mol. The molecule has 1 unspecified atom stereocenters. The molecule has 7 N–H and O–H groups in total. The van der Waals surface area contributed by atoms with Crippen LogP contribution in [0.1, 0.15) is 58.3 Å². The Morgan fingerprint density at radius 2 is 1.89 bits per heavy atom. The SMILES string of the molecule is CCN(CC(=O)N[C@@H](CC1(C(=O)[C@@H](N)CC(=O)O)C=CC=CC1)C(N)=O)C(=O)CCCC1CCNCC1. The molecular formula is C26H41N5O6. The fraction of sp³-hybridized carbons (Fsp3) is 0.654. The second kappa shape index (κ2) is 14.6. The quantitative estimate of drug-likeness (QED) is 0.204. The zero-order valence-corrected chi connectivity index (χ0v) is 21.6. The first-order chi connectivity index (χ1) is 17.6. The molecule has 0 saturated carbocycles. The van der Waals surface area contributed by atoms with Crippen LogP contribution in [0.15, 0.2) is 24.3 Å². The van der Waals surface area contributed by atoms with Gasteiger partial charge >= 0.3 is 5.97 Å². The maximum atomic E-state index is 13.1. The standard InChI is InChI=1S/C26H41N5O6/c1-2-31(22(33)8-6-7-18-9-13-29-14-10-18)17-21(32)30-20(25(28)37)16-26(11-4-3-5-12-26)24(36)19(27)15-23(34)35/h3-5,11,18-20,29H,2,6-10,12-17,27H2,1H3,(H2,28,37)(H,30,32)(H,34,35)/t19-,20-,26?/m0/s1. The van der Waals surface area contributed by atoms with Crippen molar-refractivity contribution in [1.29, 1.82) is 0 Å². The summed E-state index contributed by atoms with van der Waals surface area (Å²) >= 11 is 0. The highest BCUT2D eigenvalue weighted by Gasteiger charge is 2.42. The minimum Gasteiger partial charge on any atom is -0.481 e. The van der Waals surface area contributed by atoms with Crippen LogP contribution in [0.5, 0.6) is 0 Å². The summed E-state index contributed by atoms with van der Waals surface area (Å²) in [5.41, 5.74) is 10.1. The van der Waals surface area contributed by atoms with Crippen LogP contribution < -0.4 is 22.1 Å². The number of primary amides is 1. The van der Waals surface area contributed by atoms with Crippen LogP contribution >= 0.6 is 0 Å². The number of rotatable bonds is 15. The lowest BCUT2D eigenvalue weighted by Crippen LogP contribution is -2.53. The molecule has 1 aliphatic carbocycles. The third kappa shape index (κ3) is 9.40. The lowest BCUT2D eigenvalue weighted by Gasteiger charge is -2.34. The number of aliphatic carboxylic acids is 1. The Labute approximate surface area is 218 Å². The maximum Gasteiger partial charge on any atom is 0.305 e. The molecule has 1 fully saturated rings. The summed E-state index contributed by atoms with van der Waals surface area (Å²) in [7, 11) is 0. The van der Waals surface area contributed by atoms with Gasteiger partial charge in [-0.05, 0) is 64.5 Å². The van der Waals surface area contributed by atoms with Gasteiger partial charge in [-0.1, -0.05) is 24.3 Å². The van der Waals surface area contributed by atoms with E-state index >= 15 is 0 Å². The first-order valence-corrected chi connectivity index (χ1v) is 13.0. The van der Waals surface area contributed by atoms with Crippen LogP contribution in [0.4, 0.5) is 0 Å². The van der Waals surface area contributed by atoms with Gasteiger partial charge in [0.05, 0.1) is 24.4 Å². The Bertz CT molecular complexity index is 898. The molecule has 0 spiro atoms. The second-order valence-corrected chi connectivity index (χ2v) is 9.94. The Hall–Kier alpha value is -3.05.